The maximum absolute atomic E-state index is 13.3. The third kappa shape index (κ3) is 2.40. The molecule has 0 fully saturated rings. The third-order valence-corrected chi connectivity index (χ3v) is 5.36. The van der Waals surface area contributed by atoms with E-state index >= 15 is 0 Å². The van der Waals surface area contributed by atoms with Crippen molar-refractivity contribution in [1.29, 1.82) is 0 Å². The van der Waals surface area contributed by atoms with Gasteiger partial charge in [0.1, 0.15) is 0 Å². The van der Waals surface area contributed by atoms with Crippen molar-refractivity contribution in [2.24, 2.45) is 5.73 Å². The van der Waals surface area contributed by atoms with Crippen LogP contribution < -0.4 is 15.5 Å². The van der Waals surface area contributed by atoms with Crippen molar-refractivity contribution in [2.45, 2.75) is 6.42 Å². The summed E-state index contributed by atoms with van der Waals surface area (Å²) >= 11 is 3.48. The van der Waals surface area contributed by atoms with Crippen molar-refractivity contribution in [1.82, 2.24) is 0 Å². The highest BCUT2D eigenvalue weighted by molar-refractivity contribution is 9.10. The van der Waals surface area contributed by atoms with E-state index in [-0.39, 0.29) is 11.8 Å². The zero-order valence-corrected chi connectivity index (χ0v) is 15.9. The highest BCUT2D eigenvalue weighted by atomic mass is 79.9. The fourth-order valence-corrected chi connectivity index (χ4v) is 3.99. The van der Waals surface area contributed by atoms with Crippen molar-refractivity contribution in [3.05, 3.63) is 58.1 Å². The number of halogens is 1. The number of anilines is 2. The summed E-state index contributed by atoms with van der Waals surface area (Å²) in [5.74, 6) is -0.291. The molecular weight excluding hydrogens is 394 g/mol. The topological polar surface area (TPSA) is 66.6 Å². The first-order chi connectivity index (χ1) is 12.5. The van der Waals surface area contributed by atoms with Gasteiger partial charge < -0.3 is 15.5 Å². The number of carbonyl (C=O) groups is 2. The maximum Gasteiger partial charge on any atom is 0.259 e. The Morgan fingerprint density at radius 1 is 0.962 bits per heavy atom. The summed E-state index contributed by atoms with van der Waals surface area (Å²) < 4.78 is 0.870. The van der Waals surface area contributed by atoms with Gasteiger partial charge in [0.15, 0.2) is 0 Å². The zero-order chi connectivity index (χ0) is 18.4. The number of hydrogen-bond acceptors (Lipinski definition) is 3. The van der Waals surface area contributed by atoms with E-state index in [1.807, 2.05) is 42.5 Å². The number of para-hydroxylation sites is 1. The van der Waals surface area contributed by atoms with Gasteiger partial charge in [-0.1, -0.05) is 34.1 Å². The molecule has 2 aromatic rings. The fraction of sp³-hybridized carbons (Fsp3) is 0.200. The quantitative estimate of drug-likeness (QED) is 0.789. The summed E-state index contributed by atoms with van der Waals surface area (Å²) in [6, 6.07) is 13.3. The molecule has 132 valence electrons. The first-order valence-corrected chi connectivity index (χ1v) is 9.27. The molecule has 2 heterocycles. The second kappa shape index (κ2) is 6.37. The number of hydrogen-bond donors (Lipinski definition) is 1. The van der Waals surface area contributed by atoms with Crippen LogP contribution in [-0.4, -0.2) is 32.0 Å². The Morgan fingerprint density at radius 2 is 1.69 bits per heavy atom. The molecule has 5 nitrogen and oxygen atoms in total. The summed E-state index contributed by atoms with van der Waals surface area (Å²) in [7, 11) is 1.74. The van der Waals surface area contributed by atoms with Crippen molar-refractivity contribution in [3.63, 3.8) is 0 Å². The Kier molecular flexibility index (Phi) is 4.17. The lowest BCUT2D eigenvalue weighted by Crippen LogP contribution is -2.29. The molecule has 0 unspecified atom stereocenters. The minimum Gasteiger partial charge on any atom is -0.330 e. The lowest BCUT2D eigenvalue weighted by atomic mass is 9.96. The number of fused-ring (bicyclic) bond motifs is 2. The van der Waals surface area contributed by atoms with E-state index in [2.05, 4.69) is 15.9 Å². The molecule has 26 heavy (non-hydrogen) atoms. The molecule has 0 spiro atoms. The van der Waals surface area contributed by atoms with Crippen molar-refractivity contribution >= 4 is 50.3 Å². The molecule has 2 aliphatic rings. The minimum absolute atomic E-state index is 0.139. The second-order valence-electron chi connectivity index (χ2n) is 6.39. The number of rotatable bonds is 3. The van der Waals surface area contributed by atoms with E-state index in [1.54, 1.807) is 16.8 Å². The number of likely N-dealkylation sites (N-methyl/N-ethyl adjacent to an activating group) is 1. The summed E-state index contributed by atoms with van der Waals surface area (Å²) in [5.41, 5.74) is 9.82. The first kappa shape index (κ1) is 17.0. The molecule has 0 atom stereocenters. The highest BCUT2D eigenvalue weighted by Gasteiger charge is 2.40. The average molecular weight is 412 g/mol. The van der Waals surface area contributed by atoms with E-state index in [1.165, 1.54) is 0 Å². The molecule has 0 radical (unpaired) electrons. The number of benzene rings is 2. The van der Waals surface area contributed by atoms with E-state index in [0.29, 0.717) is 30.7 Å². The normalized spacial score (nSPS) is 18.6. The smallest absolute Gasteiger partial charge is 0.259 e. The third-order valence-electron chi connectivity index (χ3n) is 4.87. The Morgan fingerprint density at radius 3 is 2.46 bits per heavy atom. The van der Waals surface area contributed by atoms with Gasteiger partial charge in [-0.3, -0.25) is 9.59 Å². The molecule has 6 heteroatoms. The zero-order valence-electron chi connectivity index (χ0n) is 14.3. The molecular formula is C20H18BrN3O2. The van der Waals surface area contributed by atoms with Crippen LogP contribution in [0.15, 0.2) is 46.9 Å². The predicted octanol–water partition coefficient (Wildman–Crippen LogP) is 3.03. The van der Waals surface area contributed by atoms with E-state index in [0.717, 1.165) is 27.0 Å². The molecule has 0 aliphatic carbocycles. The van der Waals surface area contributed by atoms with Crippen molar-refractivity contribution in [2.75, 3.05) is 29.9 Å². The molecule has 2 aromatic carbocycles. The molecule has 2 N–H and O–H groups in total. The van der Waals surface area contributed by atoms with Crippen LogP contribution >= 0.6 is 15.9 Å². The molecule has 4 rings (SSSR count). The van der Waals surface area contributed by atoms with Crippen LogP contribution in [0.4, 0.5) is 11.4 Å². The van der Waals surface area contributed by atoms with Crippen LogP contribution in [0.2, 0.25) is 0 Å². The molecule has 2 aliphatic heterocycles. The van der Waals surface area contributed by atoms with Gasteiger partial charge in [-0.25, -0.2) is 0 Å². The predicted molar refractivity (Wildman–Crippen MR) is 107 cm³/mol. The van der Waals surface area contributed by atoms with Gasteiger partial charge in [-0.05, 0) is 37.2 Å². The monoisotopic (exact) mass is 411 g/mol. The van der Waals surface area contributed by atoms with Crippen molar-refractivity contribution in [3.8, 4) is 0 Å². The van der Waals surface area contributed by atoms with E-state index < -0.39 is 0 Å². The molecule has 2 amide bonds. The van der Waals surface area contributed by atoms with Crippen LogP contribution in [0.5, 0.6) is 0 Å². The van der Waals surface area contributed by atoms with Crippen LogP contribution in [-0.2, 0) is 9.59 Å². The Labute approximate surface area is 160 Å². The van der Waals surface area contributed by atoms with Crippen molar-refractivity contribution < 1.29 is 9.59 Å². The summed E-state index contributed by atoms with van der Waals surface area (Å²) in [6.45, 7) is 1.04. The van der Waals surface area contributed by atoms with Gasteiger partial charge in [0, 0.05) is 29.2 Å². The van der Waals surface area contributed by atoms with Gasteiger partial charge in [0.2, 0.25) is 0 Å². The lowest BCUT2D eigenvalue weighted by molar-refractivity contribution is -0.114. The van der Waals surface area contributed by atoms with E-state index in [9.17, 15) is 9.59 Å². The standard InChI is InChI=1S/C20H18BrN3O2/c1-23-15-6-3-2-5-13(15)17(19(23)25)18-14-11-12(21)7-8-16(14)24(20(18)26)10-4-9-22/h2-3,5-8,11H,4,9-10,22H2,1H3/b18-17+. The Balaban J connectivity index is 1.97. The first-order valence-electron chi connectivity index (χ1n) is 8.48. The van der Waals surface area contributed by atoms with E-state index in [4.69, 9.17) is 5.73 Å². The Hall–Kier alpha value is -2.44. The largest absolute Gasteiger partial charge is 0.330 e. The van der Waals surface area contributed by atoms with Gasteiger partial charge in [-0.15, -0.1) is 0 Å². The SMILES string of the molecule is CN1C(=O)/C(=C2/C(=O)N(CCCN)c3ccc(Br)cc32)c2ccccc21. The van der Waals surface area contributed by atoms with Gasteiger partial charge in [0.25, 0.3) is 11.8 Å². The van der Waals surface area contributed by atoms with Gasteiger partial charge in [-0.2, -0.15) is 0 Å². The minimum atomic E-state index is -0.152. The molecule has 0 saturated heterocycles. The van der Waals surface area contributed by atoms with Crippen LogP contribution in [0, 0.1) is 0 Å². The van der Waals surface area contributed by atoms with Crippen LogP contribution in [0.1, 0.15) is 17.5 Å². The summed E-state index contributed by atoms with van der Waals surface area (Å²) in [6.07, 6.45) is 0.703. The highest BCUT2D eigenvalue weighted by Crippen LogP contribution is 2.46. The fourth-order valence-electron chi connectivity index (χ4n) is 3.63. The molecule has 0 aromatic heterocycles. The molecule has 0 bridgehead atoms. The number of carbonyl (C=O) groups excluding carboxylic acids is 2. The van der Waals surface area contributed by atoms with Gasteiger partial charge in [0.05, 0.1) is 22.5 Å². The number of nitrogens with zero attached hydrogens (tertiary/aromatic N) is 2. The second-order valence-corrected chi connectivity index (χ2v) is 7.31. The average Bonchev–Trinajstić information content (AvgIpc) is 3.04. The van der Waals surface area contributed by atoms with Crippen LogP contribution in [0.3, 0.4) is 0 Å². The Bertz CT molecular complexity index is 967. The summed E-state index contributed by atoms with van der Waals surface area (Å²) in [5, 5.41) is 0. The summed E-state index contributed by atoms with van der Waals surface area (Å²) in [4.78, 5) is 29.6. The lowest BCUT2D eigenvalue weighted by Gasteiger charge is -2.16. The number of nitrogens with two attached hydrogens (primary N) is 1. The number of amides is 2. The maximum atomic E-state index is 13.3. The van der Waals surface area contributed by atoms with Gasteiger partial charge >= 0.3 is 0 Å². The van der Waals surface area contributed by atoms with Crippen LogP contribution in [0.25, 0.3) is 11.1 Å². The molecule has 0 saturated carbocycles.